The first-order chi connectivity index (χ1) is 8.76. The molecule has 1 aliphatic rings. The van der Waals surface area contributed by atoms with Crippen molar-refractivity contribution in [3.8, 4) is 0 Å². The summed E-state index contributed by atoms with van der Waals surface area (Å²) in [7, 11) is 1.59. The molecular weight excluding hydrogens is 234 g/mol. The third-order valence-corrected chi connectivity index (χ3v) is 3.01. The fourth-order valence-electron chi connectivity index (χ4n) is 2.09. The van der Waals surface area contributed by atoms with Crippen molar-refractivity contribution in [3.63, 3.8) is 0 Å². The third kappa shape index (κ3) is 6.30. The van der Waals surface area contributed by atoms with Crippen LogP contribution < -0.4 is 10.6 Å². The van der Waals surface area contributed by atoms with Crippen LogP contribution in [0.3, 0.4) is 0 Å². The Morgan fingerprint density at radius 2 is 2.33 bits per heavy atom. The van der Waals surface area contributed by atoms with Crippen LogP contribution in [0.2, 0.25) is 0 Å². The van der Waals surface area contributed by atoms with E-state index in [9.17, 15) is 4.79 Å². The maximum absolute atomic E-state index is 11.9. The van der Waals surface area contributed by atoms with E-state index in [0.29, 0.717) is 19.6 Å². The van der Waals surface area contributed by atoms with Crippen molar-refractivity contribution < 1.29 is 14.6 Å². The van der Waals surface area contributed by atoms with Gasteiger partial charge in [0.1, 0.15) is 0 Å². The van der Waals surface area contributed by atoms with E-state index < -0.39 is 0 Å². The number of aliphatic hydroxyl groups excluding tert-OH is 1. The van der Waals surface area contributed by atoms with Gasteiger partial charge in [0, 0.05) is 26.8 Å². The zero-order valence-corrected chi connectivity index (χ0v) is 11.2. The highest BCUT2D eigenvalue weighted by molar-refractivity contribution is 5.78. The number of amides is 1. The molecule has 3 N–H and O–H groups in total. The summed E-state index contributed by atoms with van der Waals surface area (Å²) in [5, 5.41) is 15.1. The first kappa shape index (κ1) is 15.4. The fourth-order valence-corrected chi connectivity index (χ4v) is 2.09. The molecule has 0 spiro atoms. The van der Waals surface area contributed by atoms with E-state index in [-0.39, 0.29) is 18.6 Å². The van der Waals surface area contributed by atoms with Gasteiger partial charge in [-0.15, -0.1) is 0 Å². The average molecular weight is 259 g/mol. The number of nitrogens with zero attached hydrogens (tertiary/aromatic N) is 1. The molecule has 6 heteroatoms. The van der Waals surface area contributed by atoms with E-state index in [1.165, 1.54) is 0 Å². The summed E-state index contributed by atoms with van der Waals surface area (Å²) in [5.41, 5.74) is 0. The van der Waals surface area contributed by atoms with Gasteiger partial charge < -0.3 is 20.5 Å². The Labute approximate surface area is 109 Å². The van der Waals surface area contributed by atoms with Crippen molar-refractivity contribution in [3.05, 3.63) is 0 Å². The Kier molecular flexibility index (Phi) is 7.91. The van der Waals surface area contributed by atoms with Gasteiger partial charge in [-0.25, -0.2) is 0 Å². The van der Waals surface area contributed by atoms with E-state index in [2.05, 4.69) is 15.5 Å². The van der Waals surface area contributed by atoms with Gasteiger partial charge in [0.15, 0.2) is 0 Å². The predicted octanol–water partition coefficient (Wildman–Crippen LogP) is -1.20. The first-order valence-electron chi connectivity index (χ1n) is 6.58. The summed E-state index contributed by atoms with van der Waals surface area (Å²) >= 11 is 0. The number of ether oxygens (including phenoxy) is 1. The van der Waals surface area contributed by atoms with Crippen molar-refractivity contribution in [1.82, 2.24) is 15.5 Å². The highest BCUT2D eigenvalue weighted by Gasteiger charge is 2.16. The van der Waals surface area contributed by atoms with Crippen LogP contribution in [0.1, 0.15) is 12.8 Å². The summed E-state index contributed by atoms with van der Waals surface area (Å²) in [4.78, 5) is 14.0. The lowest BCUT2D eigenvalue weighted by Gasteiger charge is -2.22. The molecule has 18 heavy (non-hydrogen) atoms. The lowest BCUT2D eigenvalue weighted by atomic mass is 10.2. The predicted molar refractivity (Wildman–Crippen MR) is 69.4 cm³/mol. The van der Waals surface area contributed by atoms with Crippen LogP contribution >= 0.6 is 0 Å². The number of carbonyl (C=O) groups is 1. The van der Waals surface area contributed by atoms with Crippen LogP contribution in [0.25, 0.3) is 0 Å². The molecule has 1 fully saturated rings. The maximum Gasteiger partial charge on any atom is 0.234 e. The molecule has 0 bridgehead atoms. The topological polar surface area (TPSA) is 73.8 Å². The Morgan fingerprint density at radius 3 is 3.06 bits per heavy atom. The molecule has 0 aromatic heterocycles. The summed E-state index contributed by atoms with van der Waals surface area (Å²) in [5.74, 6) is 0.00685. The van der Waals surface area contributed by atoms with E-state index in [1.54, 1.807) is 7.11 Å². The normalized spacial score (nSPS) is 19.2. The number of aliphatic hydroxyl groups is 1. The number of hydrogen-bond donors (Lipinski definition) is 3. The summed E-state index contributed by atoms with van der Waals surface area (Å²) in [6.45, 7) is 4.74. The average Bonchev–Trinajstić information content (AvgIpc) is 2.58. The minimum Gasteiger partial charge on any atom is -0.396 e. The van der Waals surface area contributed by atoms with Crippen molar-refractivity contribution in [2.45, 2.75) is 18.9 Å². The van der Waals surface area contributed by atoms with Gasteiger partial charge in [-0.2, -0.15) is 0 Å². The molecule has 1 saturated heterocycles. The van der Waals surface area contributed by atoms with Gasteiger partial charge in [0.05, 0.1) is 19.2 Å². The monoisotopic (exact) mass is 259 g/mol. The maximum atomic E-state index is 11.9. The summed E-state index contributed by atoms with van der Waals surface area (Å²) in [6, 6.07) is -0.0994. The summed E-state index contributed by atoms with van der Waals surface area (Å²) in [6.07, 6.45) is 1.60. The Morgan fingerprint density at radius 1 is 1.50 bits per heavy atom. The van der Waals surface area contributed by atoms with E-state index in [1.807, 2.05) is 0 Å². The van der Waals surface area contributed by atoms with Crippen LogP contribution in [-0.4, -0.2) is 75.0 Å². The van der Waals surface area contributed by atoms with Gasteiger partial charge in [-0.1, -0.05) is 0 Å². The molecule has 106 valence electrons. The van der Waals surface area contributed by atoms with Crippen molar-refractivity contribution >= 4 is 5.91 Å². The second-order valence-corrected chi connectivity index (χ2v) is 4.61. The van der Waals surface area contributed by atoms with E-state index in [4.69, 9.17) is 9.84 Å². The van der Waals surface area contributed by atoms with Crippen molar-refractivity contribution in [2.24, 2.45) is 0 Å². The molecule has 0 aliphatic carbocycles. The van der Waals surface area contributed by atoms with Gasteiger partial charge in [-0.05, 0) is 25.9 Å². The second kappa shape index (κ2) is 9.27. The second-order valence-electron chi connectivity index (χ2n) is 4.61. The minimum absolute atomic E-state index is 0.00685. The third-order valence-electron chi connectivity index (χ3n) is 3.01. The molecule has 1 heterocycles. The SMILES string of the molecule is COCC(CCO)NC(=O)CN1CCCNCC1. The van der Waals surface area contributed by atoms with Crippen molar-refractivity contribution in [2.75, 3.05) is 53.0 Å². The molecule has 0 aromatic rings. The minimum atomic E-state index is -0.0994. The number of carbonyl (C=O) groups excluding carboxylic acids is 1. The molecule has 1 unspecified atom stereocenters. The fraction of sp³-hybridized carbons (Fsp3) is 0.917. The molecule has 1 atom stereocenters. The van der Waals surface area contributed by atoms with Crippen LogP contribution in [0.5, 0.6) is 0 Å². The van der Waals surface area contributed by atoms with Crippen LogP contribution in [0, 0.1) is 0 Å². The molecule has 6 nitrogen and oxygen atoms in total. The zero-order chi connectivity index (χ0) is 13.2. The molecule has 1 aliphatic heterocycles. The van der Waals surface area contributed by atoms with Crippen LogP contribution in [-0.2, 0) is 9.53 Å². The first-order valence-corrected chi connectivity index (χ1v) is 6.58. The highest BCUT2D eigenvalue weighted by Crippen LogP contribution is 1.96. The molecule has 0 saturated carbocycles. The Hall–Kier alpha value is -0.690. The Balaban J connectivity index is 2.29. The molecule has 1 amide bonds. The van der Waals surface area contributed by atoms with Gasteiger partial charge >= 0.3 is 0 Å². The number of rotatable bonds is 7. The standard InChI is InChI=1S/C12H25N3O3/c1-18-10-11(3-8-16)14-12(17)9-15-6-2-4-13-5-7-15/h11,13,16H,2-10H2,1H3,(H,14,17). The largest absolute Gasteiger partial charge is 0.396 e. The smallest absolute Gasteiger partial charge is 0.234 e. The van der Waals surface area contributed by atoms with Gasteiger partial charge in [-0.3, -0.25) is 9.69 Å². The van der Waals surface area contributed by atoms with E-state index in [0.717, 1.165) is 32.6 Å². The lowest BCUT2D eigenvalue weighted by molar-refractivity contribution is -0.123. The van der Waals surface area contributed by atoms with Crippen molar-refractivity contribution in [1.29, 1.82) is 0 Å². The Bertz CT molecular complexity index is 219. The molecular formula is C12H25N3O3. The summed E-state index contributed by atoms with van der Waals surface area (Å²) < 4.78 is 5.02. The quantitative estimate of drug-likeness (QED) is 0.535. The molecule has 0 radical (unpaired) electrons. The van der Waals surface area contributed by atoms with E-state index >= 15 is 0 Å². The van der Waals surface area contributed by atoms with Crippen LogP contribution in [0.4, 0.5) is 0 Å². The van der Waals surface area contributed by atoms with Gasteiger partial charge in [0.2, 0.25) is 5.91 Å². The number of nitrogens with one attached hydrogen (secondary N) is 2. The zero-order valence-electron chi connectivity index (χ0n) is 11.2. The number of hydrogen-bond acceptors (Lipinski definition) is 5. The molecule has 0 aromatic carbocycles. The molecule has 1 rings (SSSR count). The highest BCUT2D eigenvalue weighted by atomic mass is 16.5. The lowest BCUT2D eigenvalue weighted by Crippen LogP contribution is -2.45. The number of methoxy groups -OCH3 is 1. The van der Waals surface area contributed by atoms with Crippen LogP contribution in [0.15, 0.2) is 0 Å². The van der Waals surface area contributed by atoms with Gasteiger partial charge in [0.25, 0.3) is 0 Å².